The predicted molar refractivity (Wildman–Crippen MR) is 90.7 cm³/mol. The van der Waals surface area contributed by atoms with Crippen molar-refractivity contribution in [3.05, 3.63) is 77.1 Å². The number of pyridine rings is 1. The first-order valence-corrected chi connectivity index (χ1v) is 7.45. The maximum atomic E-state index is 9.35. The third-order valence-electron chi connectivity index (χ3n) is 3.45. The molecule has 23 heavy (non-hydrogen) atoms. The van der Waals surface area contributed by atoms with Gasteiger partial charge in [0.05, 0.1) is 16.3 Å². The summed E-state index contributed by atoms with van der Waals surface area (Å²) in [5.41, 5.74) is 2.68. The lowest BCUT2D eigenvalue weighted by atomic mass is 10.0. The normalized spacial score (nSPS) is 10.1. The molecule has 3 aromatic rings. The minimum absolute atomic E-state index is 0.398. The summed E-state index contributed by atoms with van der Waals surface area (Å²) in [7, 11) is 0. The molecule has 0 atom stereocenters. The van der Waals surface area contributed by atoms with Crippen LogP contribution in [0.15, 0.2) is 60.8 Å². The van der Waals surface area contributed by atoms with Gasteiger partial charge in [-0.1, -0.05) is 41.9 Å². The molecule has 0 unspecified atom stereocenters. The lowest BCUT2D eigenvalue weighted by Crippen LogP contribution is -1.92. The molecule has 4 heteroatoms. The van der Waals surface area contributed by atoms with Crippen LogP contribution in [0.4, 0.5) is 0 Å². The first-order valence-electron chi connectivity index (χ1n) is 7.07. The van der Waals surface area contributed by atoms with Crippen molar-refractivity contribution in [2.75, 3.05) is 0 Å². The third-order valence-corrected chi connectivity index (χ3v) is 3.91. The zero-order valence-corrected chi connectivity index (χ0v) is 13.2. The Morgan fingerprint density at radius 3 is 2.30 bits per heavy atom. The molecule has 112 valence electrons. The first-order chi connectivity index (χ1) is 11.2. The van der Waals surface area contributed by atoms with Crippen LogP contribution < -0.4 is 4.74 Å². The van der Waals surface area contributed by atoms with Gasteiger partial charge in [0.1, 0.15) is 17.6 Å². The summed E-state index contributed by atoms with van der Waals surface area (Å²) in [6.07, 6.45) is 1.67. The van der Waals surface area contributed by atoms with Crippen LogP contribution in [-0.2, 0) is 0 Å². The van der Waals surface area contributed by atoms with Crippen molar-refractivity contribution in [2.24, 2.45) is 0 Å². The summed E-state index contributed by atoms with van der Waals surface area (Å²) in [6, 6.07) is 19.2. The number of hydrogen-bond acceptors (Lipinski definition) is 3. The number of nitrogens with zero attached hydrogens (tertiary/aromatic N) is 2. The van der Waals surface area contributed by atoms with E-state index in [2.05, 4.69) is 11.1 Å². The van der Waals surface area contributed by atoms with Gasteiger partial charge in [-0.25, -0.2) is 0 Å². The SMILES string of the molecule is Cc1ncc(-c2ccc(Oc3ccccc3)cc2)c(C#N)c1Cl. The number of para-hydroxylation sites is 1. The van der Waals surface area contributed by atoms with Crippen LogP contribution in [-0.4, -0.2) is 4.98 Å². The maximum Gasteiger partial charge on any atom is 0.127 e. The Bertz CT molecular complexity index is 868. The number of halogens is 1. The van der Waals surface area contributed by atoms with Crippen LogP contribution >= 0.6 is 11.6 Å². The van der Waals surface area contributed by atoms with Crippen LogP contribution in [0.2, 0.25) is 5.02 Å². The van der Waals surface area contributed by atoms with E-state index in [-0.39, 0.29) is 0 Å². The quantitative estimate of drug-likeness (QED) is 0.651. The smallest absolute Gasteiger partial charge is 0.127 e. The van der Waals surface area contributed by atoms with Crippen molar-refractivity contribution in [3.63, 3.8) is 0 Å². The minimum atomic E-state index is 0.398. The molecule has 0 fully saturated rings. The van der Waals surface area contributed by atoms with E-state index in [1.165, 1.54) is 0 Å². The van der Waals surface area contributed by atoms with E-state index in [1.54, 1.807) is 13.1 Å². The zero-order valence-electron chi connectivity index (χ0n) is 12.5. The Morgan fingerprint density at radius 2 is 1.65 bits per heavy atom. The number of nitriles is 1. The van der Waals surface area contributed by atoms with Gasteiger partial charge < -0.3 is 4.74 Å². The molecule has 0 aliphatic rings. The lowest BCUT2D eigenvalue weighted by molar-refractivity contribution is 0.483. The summed E-state index contributed by atoms with van der Waals surface area (Å²) in [5, 5.41) is 9.75. The van der Waals surface area contributed by atoms with E-state index in [0.717, 1.165) is 22.6 Å². The maximum absolute atomic E-state index is 9.35. The van der Waals surface area contributed by atoms with Crippen molar-refractivity contribution >= 4 is 11.6 Å². The number of rotatable bonds is 3. The molecule has 0 N–H and O–H groups in total. The lowest BCUT2D eigenvalue weighted by Gasteiger charge is -2.09. The van der Waals surface area contributed by atoms with Gasteiger partial charge in [0.25, 0.3) is 0 Å². The average molecular weight is 321 g/mol. The van der Waals surface area contributed by atoms with Crippen LogP contribution in [0.5, 0.6) is 11.5 Å². The highest BCUT2D eigenvalue weighted by molar-refractivity contribution is 6.32. The van der Waals surface area contributed by atoms with E-state index in [4.69, 9.17) is 16.3 Å². The molecule has 0 saturated carbocycles. The van der Waals surface area contributed by atoms with Gasteiger partial charge in [-0.15, -0.1) is 0 Å². The van der Waals surface area contributed by atoms with E-state index in [9.17, 15) is 5.26 Å². The topological polar surface area (TPSA) is 45.9 Å². The Hall–Kier alpha value is -2.83. The fraction of sp³-hybridized carbons (Fsp3) is 0.0526. The standard InChI is InChI=1S/C19H13ClN2O/c1-13-19(20)17(11-21)18(12-22-13)14-7-9-16(10-8-14)23-15-5-3-2-4-6-15/h2-10,12H,1H3. The predicted octanol–water partition coefficient (Wildman–Crippen LogP) is 5.37. The monoisotopic (exact) mass is 320 g/mol. The van der Waals surface area contributed by atoms with Crippen LogP contribution in [0.1, 0.15) is 11.3 Å². The number of aromatic nitrogens is 1. The van der Waals surface area contributed by atoms with Crippen LogP contribution in [0.3, 0.4) is 0 Å². The van der Waals surface area contributed by atoms with Crippen LogP contribution in [0, 0.1) is 18.3 Å². The summed E-state index contributed by atoms with van der Waals surface area (Å²) in [6.45, 7) is 1.78. The molecule has 0 spiro atoms. The second-order valence-corrected chi connectivity index (χ2v) is 5.38. The molecular formula is C19H13ClN2O. The Kier molecular flexibility index (Phi) is 4.27. The number of hydrogen-bond donors (Lipinski definition) is 0. The Balaban J connectivity index is 1.92. The largest absolute Gasteiger partial charge is 0.457 e. The highest BCUT2D eigenvalue weighted by Gasteiger charge is 2.12. The summed E-state index contributed by atoms with van der Waals surface area (Å²) in [5.74, 6) is 1.50. The second kappa shape index (κ2) is 6.51. The Labute approximate surface area is 139 Å². The number of ether oxygens (including phenoxy) is 1. The molecule has 0 bridgehead atoms. The van der Waals surface area contributed by atoms with Gasteiger partial charge >= 0.3 is 0 Å². The fourth-order valence-corrected chi connectivity index (χ4v) is 2.43. The van der Waals surface area contributed by atoms with Gasteiger partial charge in [-0.3, -0.25) is 4.98 Å². The summed E-state index contributed by atoms with van der Waals surface area (Å²) >= 11 is 6.18. The van der Waals surface area contributed by atoms with Gasteiger partial charge in [-0.2, -0.15) is 5.26 Å². The van der Waals surface area contributed by atoms with E-state index < -0.39 is 0 Å². The third kappa shape index (κ3) is 3.18. The van der Waals surface area contributed by atoms with Crippen LogP contribution in [0.25, 0.3) is 11.1 Å². The minimum Gasteiger partial charge on any atom is -0.457 e. The molecule has 0 aliphatic heterocycles. The van der Waals surface area contributed by atoms with Gasteiger partial charge in [-0.05, 0) is 36.8 Å². The van der Waals surface area contributed by atoms with E-state index in [0.29, 0.717) is 16.3 Å². The molecule has 2 aromatic carbocycles. The second-order valence-electron chi connectivity index (χ2n) is 5.00. The molecule has 0 aliphatic carbocycles. The molecule has 3 rings (SSSR count). The van der Waals surface area contributed by atoms with Gasteiger partial charge in [0, 0.05) is 11.8 Å². The average Bonchev–Trinajstić information content (AvgIpc) is 2.59. The zero-order chi connectivity index (χ0) is 16.2. The van der Waals surface area contributed by atoms with Crippen molar-refractivity contribution in [3.8, 4) is 28.7 Å². The molecule has 1 heterocycles. The summed E-state index contributed by atoms with van der Waals surface area (Å²) in [4.78, 5) is 4.24. The van der Waals surface area contributed by atoms with Crippen molar-refractivity contribution in [1.82, 2.24) is 4.98 Å². The van der Waals surface area contributed by atoms with Gasteiger partial charge in [0.15, 0.2) is 0 Å². The first kappa shape index (κ1) is 15.1. The molecule has 0 amide bonds. The molecule has 0 radical (unpaired) electrons. The Morgan fingerprint density at radius 1 is 1.00 bits per heavy atom. The highest BCUT2D eigenvalue weighted by Crippen LogP contribution is 2.31. The van der Waals surface area contributed by atoms with Crippen molar-refractivity contribution < 1.29 is 4.74 Å². The highest BCUT2D eigenvalue weighted by atomic mass is 35.5. The van der Waals surface area contributed by atoms with Crippen molar-refractivity contribution in [1.29, 1.82) is 5.26 Å². The van der Waals surface area contributed by atoms with E-state index >= 15 is 0 Å². The molecule has 1 aromatic heterocycles. The molecular weight excluding hydrogens is 308 g/mol. The molecule has 3 nitrogen and oxygen atoms in total. The number of aryl methyl sites for hydroxylation is 1. The van der Waals surface area contributed by atoms with E-state index in [1.807, 2.05) is 54.6 Å². The molecule has 0 saturated heterocycles. The number of benzene rings is 2. The fourth-order valence-electron chi connectivity index (χ4n) is 2.24. The van der Waals surface area contributed by atoms with Gasteiger partial charge in [0.2, 0.25) is 0 Å². The summed E-state index contributed by atoms with van der Waals surface area (Å²) < 4.78 is 5.76. The van der Waals surface area contributed by atoms with Crippen molar-refractivity contribution in [2.45, 2.75) is 6.92 Å².